The second-order valence-corrected chi connectivity index (χ2v) is 5.65. The molecule has 0 aromatic carbocycles. The van der Waals surface area contributed by atoms with Crippen molar-refractivity contribution in [3.8, 4) is 0 Å². The van der Waals surface area contributed by atoms with Crippen LogP contribution in [0.3, 0.4) is 0 Å². The summed E-state index contributed by atoms with van der Waals surface area (Å²) in [6.45, 7) is 8.16. The van der Waals surface area contributed by atoms with Crippen LogP contribution in [-0.2, 0) is 0 Å². The summed E-state index contributed by atoms with van der Waals surface area (Å²) in [5, 5.41) is 10.0. The van der Waals surface area contributed by atoms with Gasteiger partial charge in [-0.05, 0) is 38.0 Å². The topological polar surface area (TPSA) is 20.2 Å². The van der Waals surface area contributed by atoms with E-state index < -0.39 is 0 Å². The zero-order chi connectivity index (χ0) is 12.0. The molecule has 1 heteroatoms. The number of aliphatic hydroxyl groups excluding tert-OH is 1. The molecule has 1 nitrogen and oxygen atoms in total. The first-order valence-corrected chi connectivity index (χ1v) is 6.96. The maximum absolute atomic E-state index is 10.0. The van der Waals surface area contributed by atoms with Crippen LogP contribution < -0.4 is 0 Å². The van der Waals surface area contributed by atoms with Gasteiger partial charge in [0.15, 0.2) is 0 Å². The summed E-state index contributed by atoms with van der Waals surface area (Å²) >= 11 is 0. The van der Waals surface area contributed by atoms with E-state index in [9.17, 15) is 5.11 Å². The molecular formula is C15H28O. The molecule has 1 N–H and O–H groups in total. The molecule has 0 amide bonds. The lowest BCUT2D eigenvalue weighted by molar-refractivity contribution is 0.0727. The van der Waals surface area contributed by atoms with Gasteiger partial charge >= 0.3 is 0 Å². The molecule has 0 aromatic heterocycles. The first-order valence-electron chi connectivity index (χ1n) is 6.96. The highest BCUT2D eigenvalue weighted by Crippen LogP contribution is 2.34. The fraction of sp³-hybridized carbons (Fsp3) is 0.867. The Morgan fingerprint density at radius 1 is 1.31 bits per heavy atom. The predicted molar refractivity (Wildman–Crippen MR) is 70.4 cm³/mol. The maximum Gasteiger partial charge on any atom is 0.0605 e. The van der Waals surface area contributed by atoms with Crippen molar-refractivity contribution >= 4 is 0 Å². The first-order chi connectivity index (χ1) is 7.63. The minimum Gasteiger partial charge on any atom is -0.393 e. The van der Waals surface area contributed by atoms with Gasteiger partial charge in [0.2, 0.25) is 0 Å². The van der Waals surface area contributed by atoms with E-state index in [4.69, 9.17) is 0 Å². The van der Waals surface area contributed by atoms with Crippen molar-refractivity contribution in [3.63, 3.8) is 0 Å². The number of hydrogen-bond acceptors (Lipinski definition) is 1. The molecule has 0 heterocycles. The van der Waals surface area contributed by atoms with E-state index in [2.05, 4.69) is 13.5 Å². The van der Waals surface area contributed by atoms with Gasteiger partial charge in [-0.15, -0.1) is 6.58 Å². The van der Waals surface area contributed by atoms with Crippen LogP contribution in [0.15, 0.2) is 12.2 Å². The molecule has 1 saturated carbocycles. The normalized spacial score (nSPS) is 27.7. The molecule has 0 saturated heterocycles. The molecule has 0 radical (unpaired) electrons. The third kappa shape index (κ3) is 4.69. The van der Waals surface area contributed by atoms with E-state index in [1.165, 1.54) is 44.9 Å². The van der Waals surface area contributed by atoms with Gasteiger partial charge in [0.1, 0.15) is 0 Å². The van der Waals surface area contributed by atoms with Crippen LogP contribution in [0.25, 0.3) is 0 Å². The Morgan fingerprint density at radius 3 is 2.44 bits per heavy atom. The van der Waals surface area contributed by atoms with E-state index in [1.807, 2.05) is 6.92 Å². The third-order valence-corrected chi connectivity index (χ3v) is 3.96. The van der Waals surface area contributed by atoms with Crippen LogP contribution in [-0.4, -0.2) is 11.2 Å². The Bertz CT molecular complexity index is 201. The standard InChI is InChI=1S/C15H28O/c1-4-5-6-13-7-9-14(10-8-13)15(16)11-12(2)3/h13-16H,2,4-11H2,1,3H3. The molecule has 1 fully saturated rings. The monoisotopic (exact) mass is 224 g/mol. The zero-order valence-electron chi connectivity index (χ0n) is 11.0. The SMILES string of the molecule is C=C(C)CC(O)C1CCC(CCCC)CC1. The second kappa shape index (κ2) is 7.11. The van der Waals surface area contributed by atoms with Crippen molar-refractivity contribution in [1.29, 1.82) is 0 Å². The summed E-state index contributed by atoms with van der Waals surface area (Å²) in [6.07, 6.45) is 9.87. The highest BCUT2D eigenvalue weighted by atomic mass is 16.3. The Kier molecular flexibility index (Phi) is 6.12. The molecule has 0 bridgehead atoms. The van der Waals surface area contributed by atoms with Crippen LogP contribution in [0.5, 0.6) is 0 Å². The van der Waals surface area contributed by atoms with Crippen molar-refractivity contribution in [2.24, 2.45) is 11.8 Å². The van der Waals surface area contributed by atoms with Crippen LogP contribution in [0.1, 0.15) is 65.2 Å². The highest BCUT2D eigenvalue weighted by molar-refractivity contribution is 4.93. The highest BCUT2D eigenvalue weighted by Gasteiger charge is 2.25. The van der Waals surface area contributed by atoms with Crippen molar-refractivity contribution in [3.05, 3.63) is 12.2 Å². The minimum absolute atomic E-state index is 0.135. The van der Waals surface area contributed by atoms with E-state index >= 15 is 0 Å². The number of aliphatic hydroxyl groups is 1. The van der Waals surface area contributed by atoms with Gasteiger partial charge in [-0.2, -0.15) is 0 Å². The fourth-order valence-electron chi connectivity index (χ4n) is 2.88. The summed E-state index contributed by atoms with van der Waals surface area (Å²) in [5.74, 6) is 1.47. The van der Waals surface area contributed by atoms with E-state index in [0.717, 1.165) is 17.9 Å². The van der Waals surface area contributed by atoms with Crippen molar-refractivity contribution in [2.45, 2.75) is 71.3 Å². The summed E-state index contributed by atoms with van der Waals surface area (Å²) in [4.78, 5) is 0. The summed E-state index contributed by atoms with van der Waals surface area (Å²) in [7, 11) is 0. The molecule has 1 aliphatic carbocycles. The summed E-state index contributed by atoms with van der Waals surface area (Å²) in [6, 6.07) is 0. The Balaban J connectivity index is 2.23. The maximum atomic E-state index is 10.0. The minimum atomic E-state index is -0.135. The Hall–Kier alpha value is -0.300. The molecule has 0 aromatic rings. The van der Waals surface area contributed by atoms with Crippen molar-refractivity contribution in [1.82, 2.24) is 0 Å². The second-order valence-electron chi connectivity index (χ2n) is 5.65. The quantitative estimate of drug-likeness (QED) is 0.667. The molecule has 16 heavy (non-hydrogen) atoms. The molecule has 1 aliphatic rings. The van der Waals surface area contributed by atoms with Gasteiger partial charge in [-0.25, -0.2) is 0 Å². The lowest BCUT2D eigenvalue weighted by Crippen LogP contribution is -2.25. The molecule has 0 aliphatic heterocycles. The van der Waals surface area contributed by atoms with Gasteiger partial charge in [0.05, 0.1) is 6.10 Å². The van der Waals surface area contributed by atoms with E-state index in [-0.39, 0.29) is 6.10 Å². The van der Waals surface area contributed by atoms with Crippen LogP contribution in [0, 0.1) is 11.8 Å². The van der Waals surface area contributed by atoms with Gasteiger partial charge in [-0.3, -0.25) is 0 Å². The first kappa shape index (κ1) is 13.8. The lowest BCUT2D eigenvalue weighted by Gasteiger charge is -2.31. The van der Waals surface area contributed by atoms with Crippen molar-refractivity contribution < 1.29 is 5.11 Å². The number of hydrogen-bond donors (Lipinski definition) is 1. The lowest BCUT2D eigenvalue weighted by atomic mass is 9.76. The smallest absolute Gasteiger partial charge is 0.0605 e. The molecular weight excluding hydrogens is 196 g/mol. The molecule has 1 unspecified atom stereocenters. The van der Waals surface area contributed by atoms with E-state index in [0.29, 0.717) is 5.92 Å². The number of rotatable bonds is 6. The van der Waals surface area contributed by atoms with Crippen LogP contribution >= 0.6 is 0 Å². The average molecular weight is 224 g/mol. The molecule has 1 rings (SSSR count). The van der Waals surface area contributed by atoms with Gasteiger partial charge in [0, 0.05) is 0 Å². The van der Waals surface area contributed by atoms with Crippen LogP contribution in [0.4, 0.5) is 0 Å². The van der Waals surface area contributed by atoms with Gasteiger partial charge in [-0.1, -0.05) is 44.6 Å². The Morgan fingerprint density at radius 2 is 1.94 bits per heavy atom. The third-order valence-electron chi connectivity index (χ3n) is 3.96. The summed E-state index contributed by atoms with van der Waals surface area (Å²) in [5.41, 5.74) is 1.11. The number of unbranched alkanes of at least 4 members (excludes halogenated alkanes) is 1. The largest absolute Gasteiger partial charge is 0.393 e. The Labute approximate surface area is 101 Å². The van der Waals surface area contributed by atoms with E-state index in [1.54, 1.807) is 0 Å². The molecule has 94 valence electrons. The average Bonchev–Trinajstić information content (AvgIpc) is 2.26. The zero-order valence-corrected chi connectivity index (χ0v) is 11.0. The van der Waals surface area contributed by atoms with Crippen LogP contribution in [0.2, 0.25) is 0 Å². The summed E-state index contributed by atoms with van der Waals surface area (Å²) < 4.78 is 0. The fourth-order valence-corrected chi connectivity index (χ4v) is 2.88. The molecule has 0 spiro atoms. The van der Waals surface area contributed by atoms with Gasteiger partial charge in [0.25, 0.3) is 0 Å². The molecule has 1 atom stereocenters. The van der Waals surface area contributed by atoms with Gasteiger partial charge < -0.3 is 5.11 Å². The predicted octanol–water partition coefficient (Wildman–Crippen LogP) is 4.31. The van der Waals surface area contributed by atoms with Crippen molar-refractivity contribution in [2.75, 3.05) is 0 Å².